The van der Waals surface area contributed by atoms with Crippen molar-refractivity contribution in [3.05, 3.63) is 42.6 Å². The van der Waals surface area contributed by atoms with Gasteiger partial charge in [0.15, 0.2) is 0 Å². The topological polar surface area (TPSA) is 57.3 Å². The smallest absolute Gasteiger partial charge is 0.225 e. The molecule has 0 spiro atoms. The fraction of sp³-hybridized carbons (Fsp3) is 0.429. The van der Waals surface area contributed by atoms with E-state index >= 15 is 0 Å². The first-order valence-electron chi connectivity index (χ1n) is 9.52. The predicted molar refractivity (Wildman–Crippen MR) is 108 cm³/mol. The minimum atomic E-state index is 0.00315. The summed E-state index contributed by atoms with van der Waals surface area (Å²) >= 11 is 0. The lowest BCUT2D eigenvalue weighted by Crippen LogP contribution is -2.32. The quantitative estimate of drug-likeness (QED) is 0.784. The van der Waals surface area contributed by atoms with E-state index in [2.05, 4.69) is 51.7 Å². The molecule has 0 radical (unpaired) electrons. The monoisotopic (exact) mass is 352 g/mol. The summed E-state index contributed by atoms with van der Waals surface area (Å²) in [4.78, 5) is 18.3. The lowest BCUT2D eigenvalue weighted by Gasteiger charge is -2.32. The highest BCUT2D eigenvalue weighted by molar-refractivity contribution is 5.89. The molecule has 1 aliphatic heterocycles. The number of rotatable bonds is 6. The van der Waals surface area contributed by atoms with Crippen LogP contribution in [0.2, 0.25) is 0 Å². The van der Waals surface area contributed by atoms with Crippen LogP contribution in [0.4, 0.5) is 22.9 Å². The zero-order valence-corrected chi connectivity index (χ0v) is 15.7. The van der Waals surface area contributed by atoms with Crippen LogP contribution >= 0.6 is 0 Å². The molecule has 0 unspecified atom stereocenters. The Morgan fingerprint density at radius 3 is 2.42 bits per heavy atom. The molecule has 5 heteroatoms. The fourth-order valence-corrected chi connectivity index (χ4v) is 3.16. The molecule has 26 heavy (non-hydrogen) atoms. The molecule has 2 N–H and O–H groups in total. The van der Waals surface area contributed by atoms with Crippen LogP contribution in [0.1, 0.15) is 39.5 Å². The van der Waals surface area contributed by atoms with E-state index < -0.39 is 0 Å². The molecule has 1 aliphatic rings. The molecule has 3 rings (SSSR count). The van der Waals surface area contributed by atoms with Crippen LogP contribution in [0.15, 0.2) is 42.6 Å². The number of carbonyl (C=O) groups is 1. The number of piperidine rings is 1. The fourth-order valence-electron chi connectivity index (χ4n) is 3.16. The van der Waals surface area contributed by atoms with Gasteiger partial charge in [0.2, 0.25) is 5.91 Å². The van der Waals surface area contributed by atoms with Crippen LogP contribution in [0.25, 0.3) is 0 Å². The van der Waals surface area contributed by atoms with Gasteiger partial charge in [-0.25, -0.2) is 4.98 Å². The molecule has 0 saturated carbocycles. The number of pyridine rings is 1. The maximum atomic E-state index is 11.6. The van der Waals surface area contributed by atoms with Gasteiger partial charge < -0.3 is 15.5 Å². The van der Waals surface area contributed by atoms with Crippen molar-refractivity contribution in [1.82, 2.24) is 4.98 Å². The highest BCUT2D eigenvalue weighted by Crippen LogP contribution is 2.25. The van der Waals surface area contributed by atoms with E-state index in [9.17, 15) is 4.79 Å². The summed E-state index contributed by atoms with van der Waals surface area (Å²) in [6.45, 7) is 6.60. The minimum Gasteiger partial charge on any atom is -0.372 e. The molecule has 2 aromatic rings. The largest absolute Gasteiger partial charge is 0.372 e. The molecule has 1 fully saturated rings. The molecule has 138 valence electrons. The first-order chi connectivity index (χ1) is 12.6. The second-order valence-corrected chi connectivity index (χ2v) is 7.07. The summed E-state index contributed by atoms with van der Waals surface area (Å²) in [6, 6.07) is 12.3. The minimum absolute atomic E-state index is 0.00315. The van der Waals surface area contributed by atoms with Gasteiger partial charge >= 0.3 is 0 Å². The van der Waals surface area contributed by atoms with Crippen molar-refractivity contribution in [3.63, 3.8) is 0 Å². The molecule has 2 heterocycles. The lowest BCUT2D eigenvalue weighted by molar-refractivity contribution is -0.116. The second kappa shape index (κ2) is 8.70. The standard InChI is InChI=1S/C21H28N4O/c1-3-4-21(26)24-20-10-7-18(15-22-20)23-17-5-8-19(9-6-17)25-13-11-16(2)12-14-25/h5-10,15-16,23H,3-4,11-14H2,1-2H3,(H,22,24,26). The van der Waals surface area contributed by atoms with Gasteiger partial charge in [0.05, 0.1) is 11.9 Å². The van der Waals surface area contributed by atoms with E-state index in [1.165, 1.54) is 18.5 Å². The molecular formula is C21H28N4O. The number of hydrogen-bond donors (Lipinski definition) is 2. The number of amides is 1. The van der Waals surface area contributed by atoms with Crippen molar-refractivity contribution >= 4 is 28.8 Å². The summed E-state index contributed by atoms with van der Waals surface area (Å²) in [5, 5.41) is 6.15. The third-order valence-corrected chi connectivity index (χ3v) is 4.81. The summed E-state index contributed by atoms with van der Waals surface area (Å²) < 4.78 is 0. The van der Waals surface area contributed by atoms with Crippen molar-refractivity contribution in [2.45, 2.75) is 39.5 Å². The molecule has 0 bridgehead atoms. The zero-order chi connectivity index (χ0) is 18.4. The van der Waals surface area contributed by atoms with Gasteiger partial charge in [-0.05, 0) is 61.6 Å². The van der Waals surface area contributed by atoms with Crippen molar-refractivity contribution in [2.24, 2.45) is 5.92 Å². The summed E-state index contributed by atoms with van der Waals surface area (Å²) in [5.74, 6) is 1.43. The number of nitrogens with one attached hydrogen (secondary N) is 2. The second-order valence-electron chi connectivity index (χ2n) is 7.07. The first kappa shape index (κ1) is 18.2. The van der Waals surface area contributed by atoms with E-state index in [4.69, 9.17) is 0 Å². The molecule has 5 nitrogen and oxygen atoms in total. The Balaban J connectivity index is 1.56. The lowest BCUT2D eigenvalue weighted by atomic mass is 9.99. The van der Waals surface area contributed by atoms with Gasteiger partial charge in [0, 0.05) is 30.9 Å². The predicted octanol–water partition coefficient (Wildman–Crippen LogP) is 4.80. The van der Waals surface area contributed by atoms with Gasteiger partial charge in [-0.15, -0.1) is 0 Å². The number of anilines is 4. The third-order valence-electron chi connectivity index (χ3n) is 4.81. The first-order valence-corrected chi connectivity index (χ1v) is 9.52. The Kier molecular flexibility index (Phi) is 6.10. The molecule has 1 aromatic carbocycles. The third kappa shape index (κ3) is 4.97. The highest BCUT2D eigenvalue weighted by Gasteiger charge is 2.15. The Hall–Kier alpha value is -2.56. The average Bonchev–Trinajstić information content (AvgIpc) is 2.65. The summed E-state index contributed by atoms with van der Waals surface area (Å²) in [6.07, 6.45) is 5.63. The normalized spacial score (nSPS) is 14.9. The maximum absolute atomic E-state index is 11.6. The van der Waals surface area contributed by atoms with Crippen molar-refractivity contribution < 1.29 is 4.79 Å². The van der Waals surface area contributed by atoms with Crippen molar-refractivity contribution in [1.29, 1.82) is 0 Å². The highest BCUT2D eigenvalue weighted by atomic mass is 16.1. The van der Waals surface area contributed by atoms with Gasteiger partial charge in [-0.2, -0.15) is 0 Å². The summed E-state index contributed by atoms with van der Waals surface area (Å²) in [5.41, 5.74) is 3.22. The molecule has 1 saturated heterocycles. The van der Waals surface area contributed by atoms with E-state index in [1.54, 1.807) is 6.20 Å². The SMILES string of the molecule is CCCC(=O)Nc1ccc(Nc2ccc(N3CCC(C)CC3)cc2)cn1. The van der Waals surface area contributed by atoms with E-state index in [0.717, 1.165) is 36.8 Å². The number of benzene rings is 1. The Morgan fingerprint density at radius 2 is 1.81 bits per heavy atom. The molecule has 1 aromatic heterocycles. The number of aromatic nitrogens is 1. The van der Waals surface area contributed by atoms with Crippen molar-refractivity contribution in [3.8, 4) is 0 Å². The number of carbonyl (C=O) groups excluding carboxylic acids is 1. The Bertz CT molecular complexity index is 704. The molecule has 0 aliphatic carbocycles. The van der Waals surface area contributed by atoms with E-state index in [1.807, 2.05) is 19.1 Å². The van der Waals surface area contributed by atoms with Crippen LogP contribution in [0, 0.1) is 5.92 Å². The maximum Gasteiger partial charge on any atom is 0.225 e. The summed E-state index contributed by atoms with van der Waals surface area (Å²) in [7, 11) is 0. The Labute approximate surface area is 155 Å². The van der Waals surface area contributed by atoms with Gasteiger partial charge in [-0.1, -0.05) is 13.8 Å². The van der Waals surface area contributed by atoms with Gasteiger partial charge in [0.1, 0.15) is 5.82 Å². The average molecular weight is 352 g/mol. The van der Waals surface area contributed by atoms with Gasteiger partial charge in [0.25, 0.3) is 0 Å². The van der Waals surface area contributed by atoms with Crippen LogP contribution in [-0.2, 0) is 4.79 Å². The molecule has 0 atom stereocenters. The van der Waals surface area contributed by atoms with Gasteiger partial charge in [-0.3, -0.25) is 4.79 Å². The zero-order valence-electron chi connectivity index (χ0n) is 15.7. The Morgan fingerprint density at radius 1 is 1.12 bits per heavy atom. The van der Waals surface area contributed by atoms with E-state index in [-0.39, 0.29) is 5.91 Å². The van der Waals surface area contributed by atoms with Crippen LogP contribution in [0.5, 0.6) is 0 Å². The van der Waals surface area contributed by atoms with Crippen molar-refractivity contribution in [2.75, 3.05) is 28.6 Å². The van der Waals surface area contributed by atoms with Crippen LogP contribution in [0.3, 0.4) is 0 Å². The number of nitrogens with zero attached hydrogens (tertiary/aromatic N) is 2. The van der Waals surface area contributed by atoms with Crippen LogP contribution in [-0.4, -0.2) is 24.0 Å². The molecule has 1 amide bonds. The molecular weight excluding hydrogens is 324 g/mol. The van der Waals surface area contributed by atoms with E-state index in [0.29, 0.717) is 12.2 Å². The van der Waals surface area contributed by atoms with Crippen LogP contribution < -0.4 is 15.5 Å². The number of hydrogen-bond acceptors (Lipinski definition) is 4.